The van der Waals surface area contributed by atoms with E-state index in [9.17, 15) is 9.59 Å². The first-order valence-electron chi connectivity index (χ1n) is 6.97. The van der Waals surface area contributed by atoms with Crippen LogP contribution in [0.2, 0.25) is 0 Å². The van der Waals surface area contributed by atoms with Crippen molar-refractivity contribution in [3.63, 3.8) is 0 Å². The highest BCUT2D eigenvalue weighted by molar-refractivity contribution is 6.02. The highest BCUT2D eigenvalue weighted by atomic mass is 16.2. The third-order valence-corrected chi connectivity index (χ3v) is 3.66. The van der Waals surface area contributed by atoms with Crippen molar-refractivity contribution in [1.82, 2.24) is 10.3 Å². The summed E-state index contributed by atoms with van der Waals surface area (Å²) in [6.07, 6.45) is 0. The normalized spacial score (nSPS) is 12.0. The van der Waals surface area contributed by atoms with E-state index in [0.717, 1.165) is 11.3 Å². The largest absolute Gasteiger partial charge is 0.354 e. The topological polar surface area (TPSA) is 62.0 Å². The van der Waals surface area contributed by atoms with Crippen LogP contribution in [0.5, 0.6) is 0 Å². The molecule has 0 aliphatic heterocycles. The van der Waals surface area contributed by atoms with Gasteiger partial charge in [0.05, 0.1) is 6.04 Å². The van der Waals surface area contributed by atoms with E-state index >= 15 is 0 Å². The average Bonchev–Trinajstić information content (AvgIpc) is 2.75. The fraction of sp³-hybridized carbons (Fsp3) is 0.294. The van der Waals surface area contributed by atoms with Crippen molar-refractivity contribution in [2.45, 2.75) is 33.7 Å². The molecule has 2 rings (SSSR count). The molecule has 4 nitrogen and oxygen atoms in total. The van der Waals surface area contributed by atoms with E-state index in [2.05, 4.69) is 10.3 Å². The Labute approximate surface area is 124 Å². The first-order valence-corrected chi connectivity index (χ1v) is 6.97. The van der Waals surface area contributed by atoms with Crippen molar-refractivity contribution in [2.24, 2.45) is 0 Å². The average molecular weight is 284 g/mol. The van der Waals surface area contributed by atoms with Gasteiger partial charge in [-0.05, 0) is 38.8 Å². The summed E-state index contributed by atoms with van der Waals surface area (Å²) < 4.78 is 0. The fourth-order valence-electron chi connectivity index (χ4n) is 2.60. The summed E-state index contributed by atoms with van der Waals surface area (Å²) >= 11 is 0. The number of H-pyrrole nitrogens is 1. The molecule has 0 spiro atoms. The number of Topliss-reactive ketones (excluding diaryl/α,β-unsaturated/α-hetero) is 1. The molecule has 0 aliphatic carbocycles. The van der Waals surface area contributed by atoms with Crippen LogP contribution in [0.4, 0.5) is 0 Å². The summed E-state index contributed by atoms with van der Waals surface area (Å²) in [6, 6.07) is 9.67. The maximum atomic E-state index is 12.4. The molecule has 0 saturated carbocycles. The number of aromatic nitrogens is 1. The minimum atomic E-state index is -0.195. The molecule has 4 heteroatoms. The molecule has 1 heterocycles. The zero-order chi connectivity index (χ0) is 15.6. The van der Waals surface area contributed by atoms with Gasteiger partial charge in [-0.1, -0.05) is 30.3 Å². The smallest absolute Gasteiger partial charge is 0.268 e. The van der Waals surface area contributed by atoms with Crippen LogP contribution in [0.1, 0.15) is 57.6 Å². The summed E-state index contributed by atoms with van der Waals surface area (Å²) in [5.74, 6) is -0.226. The molecule has 0 radical (unpaired) electrons. The standard InChI is InChI=1S/C17H20N2O2/c1-10-15(13(4)20)12(3)18-16(10)17(21)19-11(2)14-8-6-5-7-9-14/h5-9,11,18H,1-4H3,(H,19,21)/t11-/m0/s1. The quantitative estimate of drug-likeness (QED) is 0.846. The lowest BCUT2D eigenvalue weighted by molar-refractivity contribution is 0.0934. The Morgan fingerprint density at radius 2 is 1.76 bits per heavy atom. The Bertz CT molecular complexity index is 672. The zero-order valence-corrected chi connectivity index (χ0v) is 12.8. The molecule has 0 aliphatic rings. The Morgan fingerprint density at radius 3 is 2.29 bits per heavy atom. The molecule has 0 fully saturated rings. The number of benzene rings is 1. The number of carbonyl (C=O) groups excluding carboxylic acids is 2. The van der Waals surface area contributed by atoms with Crippen molar-refractivity contribution >= 4 is 11.7 Å². The zero-order valence-electron chi connectivity index (χ0n) is 12.8. The second kappa shape index (κ2) is 5.95. The SMILES string of the molecule is CC(=O)c1c(C)[nH]c(C(=O)N[C@@H](C)c2ccccc2)c1C. The summed E-state index contributed by atoms with van der Waals surface area (Å²) in [7, 11) is 0. The Hall–Kier alpha value is -2.36. The fourth-order valence-corrected chi connectivity index (χ4v) is 2.60. The molecule has 2 N–H and O–H groups in total. The molecule has 1 aromatic carbocycles. The van der Waals surface area contributed by atoms with E-state index in [1.54, 1.807) is 13.8 Å². The van der Waals surface area contributed by atoms with Crippen molar-refractivity contribution < 1.29 is 9.59 Å². The molecule has 0 saturated heterocycles. The molecule has 110 valence electrons. The molecule has 0 bridgehead atoms. The van der Waals surface area contributed by atoms with Gasteiger partial charge in [0, 0.05) is 11.3 Å². The van der Waals surface area contributed by atoms with Gasteiger partial charge in [0.25, 0.3) is 5.91 Å². The van der Waals surface area contributed by atoms with Gasteiger partial charge in [0.2, 0.25) is 0 Å². The Morgan fingerprint density at radius 1 is 1.14 bits per heavy atom. The van der Waals surface area contributed by atoms with Crippen molar-refractivity contribution in [3.8, 4) is 0 Å². The van der Waals surface area contributed by atoms with Gasteiger partial charge in [0.1, 0.15) is 5.69 Å². The molecular formula is C17H20N2O2. The van der Waals surface area contributed by atoms with E-state index in [0.29, 0.717) is 16.8 Å². The monoisotopic (exact) mass is 284 g/mol. The minimum absolute atomic E-state index is 0.0311. The summed E-state index contributed by atoms with van der Waals surface area (Å²) in [5.41, 5.74) is 3.54. The van der Waals surface area contributed by atoms with Gasteiger partial charge in [-0.3, -0.25) is 9.59 Å². The van der Waals surface area contributed by atoms with E-state index in [4.69, 9.17) is 0 Å². The van der Waals surface area contributed by atoms with Gasteiger partial charge in [-0.25, -0.2) is 0 Å². The van der Waals surface area contributed by atoms with Gasteiger partial charge < -0.3 is 10.3 Å². The highest BCUT2D eigenvalue weighted by Gasteiger charge is 2.20. The minimum Gasteiger partial charge on any atom is -0.354 e. The number of amides is 1. The van der Waals surface area contributed by atoms with Crippen molar-refractivity contribution in [3.05, 3.63) is 58.4 Å². The molecule has 2 aromatic rings. The number of rotatable bonds is 4. The number of hydrogen-bond donors (Lipinski definition) is 2. The molecule has 21 heavy (non-hydrogen) atoms. The van der Waals surface area contributed by atoms with Crippen molar-refractivity contribution in [2.75, 3.05) is 0 Å². The van der Waals surface area contributed by atoms with E-state index in [1.165, 1.54) is 6.92 Å². The van der Waals surface area contributed by atoms with Crippen LogP contribution < -0.4 is 5.32 Å². The maximum Gasteiger partial charge on any atom is 0.268 e. The molecular weight excluding hydrogens is 264 g/mol. The van der Waals surface area contributed by atoms with Gasteiger partial charge >= 0.3 is 0 Å². The second-order valence-corrected chi connectivity index (χ2v) is 5.29. The summed E-state index contributed by atoms with van der Waals surface area (Å²) in [6.45, 7) is 7.05. The number of aryl methyl sites for hydroxylation is 1. The lowest BCUT2D eigenvalue weighted by Gasteiger charge is -2.14. The van der Waals surface area contributed by atoms with Gasteiger partial charge in [0.15, 0.2) is 5.78 Å². The molecule has 0 unspecified atom stereocenters. The predicted molar refractivity (Wildman–Crippen MR) is 82.6 cm³/mol. The number of nitrogens with one attached hydrogen (secondary N) is 2. The third kappa shape index (κ3) is 3.05. The first kappa shape index (κ1) is 15.0. The summed E-state index contributed by atoms with van der Waals surface area (Å²) in [5, 5.41) is 2.95. The second-order valence-electron chi connectivity index (χ2n) is 5.29. The number of aromatic amines is 1. The van der Waals surface area contributed by atoms with Crippen LogP contribution in [-0.4, -0.2) is 16.7 Å². The molecule has 1 atom stereocenters. The summed E-state index contributed by atoms with van der Waals surface area (Å²) in [4.78, 5) is 27.0. The van der Waals surface area contributed by atoms with Gasteiger partial charge in [-0.2, -0.15) is 0 Å². The van der Waals surface area contributed by atoms with E-state index in [-0.39, 0.29) is 17.7 Å². The highest BCUT2D eigenvalue weighted by Crippen LogP contribution is 2.19. The maximum absolute atomic E-state index is 12.4. The first-order chi connectivity index (χ1) is 9.91. The predicted octanol–water partition coefficient (Wildman–Crippen LogP) is 3.33. The van der Waals surface area contributed by atoms with Crippen LogP contribution in [0.3, 0.4) is 0 Å². The van der Waals surface area contributed by atoms with Crippen molar-refractivity contribution in [1.29, 1.82) is 0 Å². The molecule has 1 amide bonds. The number of carbonyl (C=O) groups is 2. The Kier molecular flexibility index (Phi) is 4.26. The number of hydrogen-bond acceptors (Lipinski definition) is 2. The third-order valence-electron chi connectivity index (χ3n) is 3.66. The Balaban J connectivity index is 2.22. The molecule has 1 aromatic heterocycles. The van der Waals surface area contributed by atoms with Gasteiger partial charge in [-0.15, -0.1) is 0 Å². The number of ketones is 1. The lowest BCUT2D eigenvalue weighted by atomic mass is 10.1. The van der Waals surface area contributed by atoms with Crippen LogP contribution >= 0.6 is 0 Å². The van der Waals surface area contributed by atoms with E-state index in [1.807, 2.05) is 37.3 Å². The van der Waals surface area contributed by atoms with E-state index < -0.39 is 0 Å². The van der Waals surface area contributed by atoms with Crippen LogP contribution in [0, 0.1) is 13.8 Å². The van der Waals surface area contributed by atoms with Crippen LogP contribution in [0.15, 0.2) is 30.3 Å². The lowest BCUT2D eigenvalue weighted by Crippen LogP contribution is -2.27. The van der Waals surface area contributed by atoms with Crippen LogP contribution in [0.25, 0.3) is 0 Å². The van der Waals surface area contributed by atoms with Crippen LogP contribution in [-0.2, 0) is 0 Å².